The Labute approximate surface area is 105 Å². The van der Waals surface area contributed by atoms with Crippen LogP contribution in [0, 0.1) is 22.5 Å². The van der Waals surface area contributed by atoms with Crippen LogP contribution in [0.15, 0.2) is 29.2 Å². The van der Waals surface area contributed by atoms with Gasteiger partial charge in [0.25, 0.3) is 5.69 Å². The minimum absolute atomic E-state index is 0.194. The first kappa shape index (κ1) is 14.2. The van der Waals surface area contributed by atoms with Crippen molar-refractivity contribution in [2.24, 2.45) is 0 Å². The zero-order chi connectivity index (χ0) is 14.0. The number of nitrogens with one attached hydrogen (secondary N) is 1. The Bertz CT molecular complexity index is 614. The number of benzene rings is 1. The maximum absolute atomic E-state index is 12.0. The van der Waals surface area contributed by atoms with Gasteiger partial charge in [0.1, 0.15) is 0 Å². The van der Waals surface area contributed by atoms with Gasteiger partial charge in [0, 0.05) is 12.1 Å². The second-order valence-corrected chi connectivity index (χ2v) is 5.81. The average Bonchev–Trinajstić information content (AvgIpc) is 2.28. The monoisotopic (exact) mass is 268 g/mol. The van der Waals surface area contributed by atoms with Gasteiger partial charge < -0.3 is 0 Å². The molecule has 0 aliphatic heterocycles. The predicted octanol–water partition coefficient (Wildman–Crippen LogP) is 1.28. The SMILES string of the molecule is C#CC(C)(C)NS(=O)(=O)c1cccc([N+](=O)[O-])c1. The molecule has 0 aliphatic carbocycles. The van der Waals surface area contributed by atoms with Crippen molar-refractivity contribution in [3.63, 3.8) is 0 Å². The largest absolute Gasteiger partial charge is 0.270 e. The molecule has 0 bridgehead atoms. The molecule has 0 amide bonds. The van der Waals surface area contributed by atoms with Crippen molar-refractivity contribution < 1.29 is 13.3 Å². The Morgan fingerprint density at radius 2 is 2.06 bits per heavy atom. The van der Waals surface area contributed by atoms with E-state index in [9.17, 15) is 18.5 Å². The zero-order valence-electron chi connectivity index (χ0n) is 9.88. The standard InChI is InChI=1S/C11H12N2O4S/c1-4-11(2,3)12-18(16,17)10-7-5-6-9(8-10)13(14)15/h1,5-8,12H,2-3H3. The lowest BCUT2D eigenvalue weighted by Crippen LogP contribution is -2.41. The predicted molar refractivity (Wildman–Crippen MR) is 66.3 cm³/mol. The number of non-ortho nitro benzene ring substituents is 1. The summed E-state index contributed by atoms with van der Waals surface area (Å²) in [4.78, 5) is 9.72. The second-order valence-electron chi connectivity index (χ2n) is 4.13. The highest BCUT2D eigenvalue weighted by Gasteiger charge is 2.25. The first-order valence-corrected chi connectivity index (χ1v) is 6.42. The van der Waals surface area contributed by atoms with E-state index in [0.29, 0.717) is 0 Å². The summed E-state index contributed by atoms with van der Waals surface area (Å²) in [5, 5.41) is 10.6. The van der Waals surface area contributed by atoms with Gasteiger partial charge in [-0.05, 0) is 19.9 Å². The van der Waals surface area contributed by atoms with Crippen molar-refractivity contribution in [1.82, 2.24) is 4.72 Å². The number of terminal acetylenes is 1. The van der Waals surface area contributed by atoms with Crippen LogP contribution >= 0.6 is 0 Å². The number of rotatable bonds is 4. The number of sulfonamides is 1. The van der Waals surface area contributed by atoms with Crippen LogP contribution in [0.4, 0.5) is 5.69 Å². The smallest absolute Gasteiger partial charge is 0.258 e. The number of hydrogen-bond acceptors (Lipinski definition) is 4. The molecule has 1 aromatic carbocycles. The third-order valence-corrected chi connectivity index (χ3v) is 3.74. The van der Waals surface area contributed by atoms with Crippen molar-refractivity contribution in [2.45, 2.75) is 24.3 Å². The van der Waals surface area contributed by atoms with Crippen LogP contribution in [-0.2, 0) is 10.0 Å². The summed E-state index contributed by atoms with van der Waals surface area (Å²) in [5.41, 5.74) is -1.36. The molecule has 0 spiro atoms. The van der Waals surface area contributed by atoms with E-state index in [4.69, 9.17) is 6.42 Å². The number of hydrogen-bond donors (Lipinski definition) is 1. The van der Waals surface area contributed by atoms with Crippen molar-refractivity contribution in [1.29, 1.82) is 0 Å². The van der Waals surface area contributed by atoms with Gasteiger partial charge >= 0.3 is 0 Å². The van der Waals surface area contributed by atoms with Gasteiger partial charge in [0.15, 0.2) is 0 Å². The quantitative estimate of drug-likeness (QED) is 0.506. The number of nitrogens with zero attached hydrogens (tertiary/aromatic N) is 1. The second kappa shape index (κ2) is 4.76. The molecule has 0 atom stereocenters. The normalized spacial score (nSPS) is 11.8. The van der Waals surface area contributed by atoms with E-state index in [-0.39, 0.29) is 10.6 Å². The van der Waals surface area contributed by atoms with Crippen molar-refractivity contribution in [3.8, 4) is 12.3 Å². The van der Waals surface area contributed by atoms with Crippen LogP contribution in [0.1, 0.15) is 13.8 Å². The molecule has 0 radical (unpaired) electrons. The first-order valence-electron chi connectivity index (χ1n) is 4.94. The molecule has 0 unspecified atom stereocenters. The van der Waals surface area contributed by atoms with E-state index in [1.165, 1.54) is 32.0 Å². The highest BCUT2D eigenvalue weighted by atomic mass is 32.2. The summed E-state index contributed by atoms with van der Waals surface area (Å²) >= 11 is 0. The molecule has 0 aliphatic rings. The molecule has 18 heavy (non-hydrogen) atoms. The van der Waals surface area contributed by atoms with Crippen LogP contribution in [-0.4, -0.2) is 18.9 Å². The van der Waals surface area contributed by atoms with Crippen molar-refractivity contribution in [3.05, 3.63) is 34.4 Å². The molecular weight excluding hydrogens is 256 g/mol. The fourth-order valence-corrected chi connectivity index (χ4v) is 2.57. The molecule has 1 rings (SSSR count). The van der Waals surface area contributed by atoms with Crippen LogP contribution in [0.3, 0.4) is 0 Å². The van der Waals surface area contributed by atoms with Crippen molar-refractivity contribution >= 4 is 15.7 Å². The van der Waals surface area contributed by atoms with Gasteiger partial charge in [0.05, 0.1) is 15.4 Å². The zero-order valence-corrected chi connectivity index (χ0v) is 10.7. The third-order valence-electron chi connectivity index (χ3n) is 2.09. The lowest BCUT2D eigenvalue weighted by Gasteiger charge is -2.19. The summed E-state index contributed by atoms with van der Waals surface area (Å²) in [7, 11) is -3.88. The van der Waals surface area contributed by atoms with Crippen molar-refractivity contribution in [2.75, 3.05) is 0 Å². The molecule has 0 saturated heterocycles. The van der Waals surface area contributed by atoms with Gasteiger partial charge in [-0.3, -0.25) is 10.1 Å². The average molecular weight is 268 g/mol. The highest BCUT2D eigenvalue weighted by Crippen LogP contribution is 2.18. The molecule has 0 saturated carbocycles. The van der Waals surface area contributed by atoms with Gasteiger partial charge in [-0.15, -0.1) is 6.42 Å². The van der Waals surface area contributed by atoms with E-state index in [0.717, 1.165) is 6.07 Å². The Morgan fingerprint density at radius 3 is 2.56 bits per heavy atom. The molecule has 0 aromatic heterocycles. The van der Waals surface area contributed by atoms with Crippen LogP contribution < -0.4 is 4.72 Å². The molecule has 6 nitrogen and oxygen atoms in total. The van der Waals surface area contributed by atoms with E-state index >= 15 is 0 Å². The lowest BCUT2D eigenvalue weighted by molar-refractivity contribution is -0.385. The summed E-state index contributed by atoms with van der Waals surface area (Å²) in [6.07, 6.45) is 5.18. The summed E-state index contributed by atoms with van der Waals surface area (Å²) in [6.45, 7) is 3.03. The molecule has 0 heterocycles. The molecule has 96 valence electrons. The van der Waals surface area contributed by atoms with E-state index < -0.39 is 20.5 Å². The minimum atomic E-state index is -3.88. The van der Waals surface area contributed by atoms with Gasteiger partial charge in [-0.25, -0.2) is 8.42 Å². The van der Waals surface area contributed by atoms with E-state index in [1.54, 1.807) is 0 Å². The molecule has 0 fully saturated rings. The summed E-state index contributed by atoms with van der Waals surface area (Å²) in [6, 6.07) is 4.76. The molecule has 1 aromatic rings. The maximum atomic E-state index is 12.0. The van der Waals surface area contributed by atoms with Gasteiger partial charge in [0.2, 0.25) is 10.0 Å². The van der Waals surface area contributed by atoms with Gasteiger partial charge in [-0.2, -0.15) is 4.72 Å². The molecule has 7 heteroatoms. The van der Waals surface area contributed by atoms with Crippen LogP contribution in [0.5, 0.6) is 0 Å². The number of nitro groups is 1. The Hall–Kier alpha value is -1.91. The maximum Gasteiger partial charge on any atom is 0.270 e. The van der Waals surface area contributed by atoms with Crippen LogP contribution in [0.2, 0.25) is 0 Å². The molecular formula is C11H12N2O4S. The Morgan fingerprint density at radius 1 is 1.44 bits per heavy atom. The Kier molecular flexibility index (Phi) is 3.74. The minimum Gasteiger partial charge on any atom is -0.258 e. The van der Waals surface area contributed by atoms with Crippen LogP contribution in [0.25, 0.3) is 0 Å². The Balaban J connectivity index is 3.18. The lowest BCUT2D eigenvalue weighted by atomic mass is 10.1. The summed E-state index contributed by atoms with van der Waals surface area (Å²) in [5.74, 6) is 2.28. The van der Waals surface area contributed by atoms with E-state index in [1.807, 2.05) is 0 Å². The fourth-order valence-electron chi connectivity index (χ4n) is 1.19. The first-order chi connectivity index (χ1) is 8.18. The topological polar surface area (TPSA) is 89.3 Å². The summed E-state index contributed by atoms with van der Waals surface area (Å²) < 4.78 is 26.2. The molecule has 1 N–H and O–H groups in total. The fraction of sp³-hybridized carbons (Fsp3) is 0.273. The highest BCUT2D eigenvalue weighted by molar-refractivity contribution is 7.89. The number of nitro benzene ring substituents is 1. The third kappa shape index (κ3) is 3.29. The van der Waals surface area contributed by atoms with Gasteiger partial charge in [-0.1, -0.05) is 12.0 Å². The van der Waals surface area contributed by atoms with E-state index in [2.05, 4.69) is 10.6 Å².